The lowest BCUT2D eigenvalue weighted by atomic mass is 9.83. The van der Waals surface area contributed by atoms with Crippen LogP contribution in [0.3, 0.4) is 0 Å². The second-order valence-electron chi connectivity index (χ2n) is 8.85. The molecule has 1 atom stereocenters. The number of hydrogen-bond donors (Lipinski definition) is 1. The van der Waals surface area contributed by atoms with E-state index in [4.69, 9.17) is 36.3 Å². The number of rotatable bonds is 7. The third-order valence-corrected chi connectivity index (χ3v) is 7.09. The molecule has 0 saturated heterocycles. The number of halogens is 2. The minimum absolute atomic E-state index is 0.0292. The van der Waals surface area contributed by atoms with E-state index in [1.54, 1.807) is 67.8 Å². The quantitative estimate of drug-likeness (QED) is 0.174. The van der Waals surface area contributed by atoms with Gasteiger partial charge in [0.15, 0.2) is 11.5 Å². The van der Waals surface area contributed by atoms with Crippen LogP contribution in [-0.4, -0.2) is 13.1 Å². The molecule has 4 aromatic rings. The fraction of sp³-hybridized carbons (Fsp3) is 0.0968. The number of fused-ring (bicyclic) bond motifs is 1. The van der Waals surface area contributed by atoms with Crippen molar-refractivity contribution >= 4 is 33.5 Å². The van der Waals surface area contributed by atoms with Crippen LogP contribution in [0.4, 0.5) is 0 Å². The van der Waals surface area contributed by atoms with Gasteiger partial charge < -0.3 is 24.7 Å². The number of hydrogen-bond acceptors (Lipinski definition) is 7. The highest BCUT2D eigenvalue weighted by Gasteiger charge is 2.32. The monoisotopic (exact) mass is 616 g/mol. The van der Waals surface area contributed by atoms with Gasteiger partial charge in [-0.3, -0.25) is 0 Å². The third-order valence-electron chi connectivity index (χ3n) is 6.31. The molecule has 5 rings (SSSR count). The van der Waals surface area contributed by atoms with Crippen LogP contribution < -0.4 is 24.7 Å². The molecule has 1 unspecified atom stereocenters. The van der Waals surface area contributed by atoms with Crippen molar-refractivity contribution < 1.29 is 23.7 Å². The van der Waals surface area contributed by atoms with Crippen LogP contribution in [0, 0.1) is 11.3 Å². The standard InChI is InChI=1S/C31H22BrClN2O5/c1-37-28-14-20(6-13-26(28)38-17-18-2-9-22(33)10-3-18)29-24-12-11-23(15-27(24)40-30(35)25(29)16-34)39-31(36)19-4-7-21(32)8-5-19/h2-15,29H,17,35H2,1H3. The van der Waals surface area contributed by atoms with E-state index >= 15 is 0 Å². The lowest BCUT2D eigenvalue weighted by Gasteiger charge is -2.27. The van der Waals surface area contributed by atoms with Crippen molar-refractivity contribution in [1.82, 2.24) is 0 Å². The van der Waals surface area contributed by atoms with Gasteiger partial charge in [0.2, 0.25) is 5.88 Å². The van der Waals surface area contributed by atoms with Gasteiger partial charge in [0.25, 0.3) is 0 Å². The van der Waals surface area contributed by atoms with Crippen molar-refractivity contribution in [3.05, 3.63) is 128 Å². The number of ether oxygens (including phenoxy) is 4. The molecular formula is C31H22BrClN2O5. The molecule has 4 aromatic carbocycles. The molecule has 0 fully saturated rings. The summed E-state index contributed by atoms with van der Waals surface area (Å²) in [6, 6.07) is 26.8. The Kier molecular flexibility index (Phi) is 7.96. The molecule has 0 radical (unpaired) electrons. The largest absolute Gasteiger partial charge is 0.493 e. The number of nitrogens with two attached hydrogens (primary N) is 1. The first-order valence-corrected chi connectivity index (χ1v) is 13.3. The smallest absolute Gasteiger partial charge is 0.343 e. The van der Waals surface area contributed by atoms with Crippen LogP contribution >= 0.6 is 27.5 Å². The summed E-state index contributed by atoms with van der Waals surface area (Å²) in [5.74, 6) is 0.615. The Morgan fingerprint density at radius 2 is 1.77 bits per heavy atom. The second-order valence-corrected chi connectivity index (χ2v) is 10.2. The summed E-state index contributed by atoms with van der Waals surface area (Å²) >= 11 is 9.32. The third kappa shape index (κ3) is 5.76. The van der Waals surface area contributed by atoms with Crippen molar-refractivity contribution in [2.75, 3.05) is 7.11 Å². The number of benzene rings is 4. The minimum atomic E-state index is -0.538. The molecule has 0 bridgehead atoms. The van der Waals surface area contributed by atoms with Gasteiger partial charge in [-0.05, 0) is 65.7 Å². The van der Waals surface area contributed by atoms with Crippen LogP contribution in [0.2, 0.25) is 5.02 Å². The fourth-order valence-corrected chi connectivity index (χ4v) is 4.71. The number of allylic oxidation sites excluding steroid dienone is 1. The predicted octanol–water partition coefficient (Wildman–Crippen LogP) is 7.13. The second kappa shape index (κ2) is 11.7. The summed E-state index contributed by atoms with van der Waals surface area (Å²) < 4.78 is 23.8. The van der Waals surface area contributed by atoms with E-state index in [0.29, 0.717) is 40.0 Å². The lowest BCUT2D eigenvalue weighted by molar-refractivity contribution is 0.0734. The number of nitrogens with zero attached hydrogens (tertiary/aromatic N) is 1. The highest BCUT2D eigenvalue weighted by atomic mass is 79.9. The van der Waals surface area contributed by atoms with Gasteiger partial charge in [0.05, 0.1) is 18.6 Å². The normalized spacial score (nSPS) is 14.0. The van der Waals surface area contributed by atoms with Crippen molar-refractivity contribution in [3.63, 3.8) is 0 Å². The Hall–Kier alpha value is -4.45. The van der Waals surface area contributed by atoms with E-state index in [0.717, 1.165) is 15.6 Å². The molecule has 0 saturated carbocycles. The van der Waals surface area contributed by atoms with Gasteiger partial charge >= 0.3 is 5.97 Å². The summed E-state index contributed by atoms with van der Waals surface area (Å²) in [7, 11) is 1.55. The van der Waals surface area contributed by atoms with Crippen LogP contribution in [0.5, 0.6) is 23.0 Å². The number of methoxy groups -OCH3 is 1. The molecule has 9 heteroatoms. The Balaban J connectivity index is 1.42. The van der Waals surface area contributed by atoms with Crippen molar-refractivity contribution in [2.45, 2.75) is 12.5 Å². The van der Waals surface area contributed by atoms with Gasteiger partial charge in [-0.15, -0.1) is 0 Å². The molecule has 1 heterocycles. The summed E-state index contributed by atoms with van der Waals surface area (Å²) in [4.78, 5) is 12.6. The van der Waals surface area contributed by atoms with Crippen molar-refractivity contribution in [1.29, 1.82) is 5.26 Å². The zero-order valence-electron chi connectivity index (χ0n) is 21.2. The van der Waals surface area contributed by atoms with E-state index in [2.05, 4.69) is 22.0 Å². The topological polar surface area (TPSA) is 104 Å². The lowest BCUT2D eigenvalue weighted by Crippen LogP contribution is -2.21. The molecule has 1 aliphatic rings. The van der Waals surface area contributed by atoms with E-state index in [-0.39, 0.29) is 17.2 Å². The first kappa shape index (κ1) is 27.1. The van der Waals surface area contributed by atoms with Crippen LogP contribution in [0.25, 0.3) is 0 Å². The Morgan fingerprint density at radius 3 is 2.48 bits per heavy atom. The Labute approximate surface area is 244 Å². The average molecular weight is 618 g/mol. The van der Waals surface area contributed by atoms with Gasteiger partial charge in [-0.1, -0.05) is 51.8 Å². The number of esters is 1. The number of nitriles is 1. The van der Waals surface area contributed by atoms with E-state index in [1.807, 2.05) is 24.3 Å². The first-order valence-electron chi connectivity index (χ1n) is 12.1. The Morgan fingerprint density at radius 1 is 1.02 bits per heavy atom. The van der Waals surface area contributed by atoms with E-state index in [9.17, 15) is 10.1 Å². The highest BCUT2D eigenvalue weighted by Crippen LogP contribution is 2.45. The first-order chi connectivity index (χ1) is 19.4. The minimum Gasteiger partial charge on any atom is -0.493 e. The molecule has 0 amide bonds. The van der Waals surface area contributed by atoms with Crippen molar-refractivity contribution in [2.24, 2.45) is 5.73 Å². The Bertz CT molecular complexity index is 1650. The molecule has 0 aromatic heterocycles. The predicted molar refractivity (Wildman–Crippen MR) is 154 cm³/mol. The average Bonchev–Trinajstić information content (AvgIpc) is 2.96. The maximum atomic E-state index is 12.6. The van der Waals surface area contributed by atoms with Crippen LogP contribution in [0.15, 0.2) is 101 Å². The van der Waals surface area contributed by atoms with E-state index in [1.165, 1.54) is 0 Å². The van der Waals surface area contributed by atoms with Crippen LogP contribution in [-0.2, 0) is 6.61 Å². The van der Waals surface area contributed by atoms with Crippen LogP contribution in [0.1, 0.15) is 33.0 Å². The molecule has 0 spiro atoms. The summed E-state index contributed by atoms with van der Waals surface area (Å²) in [5.41, 5.74) is 9.21. The fourth-order valence-electron chi connectivity index (χ4n) is 4.32. The molecule has 7 nitrogen and oxygen atoms in total. The maximum Gasteiger partial charge on any atom is 0.343 e. The summed E-state index contributed by atoms with van der Waals surface area (Å²) in [6.07, 6.45) is 0. The van der Waals surface area contributed by atoms with Gasteiger partial charge in [-0.25, -0.2) is 4.79 Å². The molecule has 0 aliphatic carbocycles. The van der Waals surface area contributed by atoms with Gasteiger partial charge in [0, 0.05) is 21.1 Å². The zero-order valence-corrected chi connectivity index (χ0v) is 23.5. The summed E-state index contributed by atoms with van der Waals surface area (Å²) in [6.45, 7) is 0.324. The number of carbonyl (C=O) groups is 1. The maximum absolute atomic E-state index is 12.6. The molecular weight excluding hydrogens is 596 g/mol. The number of carbonyl (C=O) groups excluding carboxylic acids is 1. The molecule has 1 aliphatic heterocycles. The zero-order chi connectivity index (χ0) is 28.2. The van der Waals surface area contributed by atoms with Gasteiger partial charge in [-0.2, -0.15) is 5.26 Å². The molecule has 2 N–H and O–H groups in total. The summed E-state index contributed by atoms with van der Waals surface area (Å²) in [5, 5.41) is 10.6. The molecule has 200 valence electrons. The van der Waals surface area contributed by atoms with E-state index < -0.39 is 11.9 Å². The SMILES string of the molecule is COc1cc(C2C(C#N)=C(N)Oc3cc(OC(=O)c4ccc(Br)cc4)ccc32)ccc1OCc1ccc(Cl)cc1. The molecule has 40 heavy (non-hydrogen) atoms. The van der Waals surface area contributed by atoms with Gasteiger partial charge in [0.1, 0.15) is 29.7 Å². The highest BCUT2D eigenvalue weighted by molar-refractivity contribution is 9.10. The van der Waals surface area contributed by atoms with Crippen molar-refractivity contribution in [3.8, 4) is 29.1 Å².